The number of hydrogen-bond acceptors (Lipinski definition) is 18. The summed E-state index contributed by atoms with van der Waals surface area (Å²) < 4.78 is 62.2. The minimum atomic E-state index is -3.95. The van der Waals surface area contributed by atoms with Gasteiger partial charge in [0.1, 0.15) is 11.2 Å². The summed E-state index contributed by atoms with van der Waals surface area (Å²) in [6, 6.07) is 16.7. The topological polar surface area (TPSA) is 280 Å². The van der Waals surface area contributed by atoms with Crippen LogP contribution in [0.15, 0.2) is 139 Å². The van der Waals surface area contributed by atoms with E-state index in [2.05, 4.69) is 65.1 Å². The number of sulfonamides is 2. The summed E-state index contributed by atoms with van der Waals surface area (Å²) in [6.45, 7) is 0. The summed E-state index contributed by atoms with van der Waals surface area (Å²) in [5.41, 5.74) is 2.04. The van der Waals surface area contributed by atoms with E-state index >= 15 is 0 Å². The van der Waals surface area contributed by atoms with Crippen molar-refractivity contribution in [3.8, 4) is 5.75 Å². The number of thiazole rings is 2. The van der Waals surface area contributed by atoms with E-state index in [9.17, 15) is 26.4 Å². The molecule has 0 fully saturated rings. The van der Waals surface area contributed by atoms with Crippen molar-refractivity contribution in [3.63, 3.8) is 0 Å². The minimum absolute atomic E-state index is 0.0514. The first-order chi connectivity index (χ1) is 31.6. The fourth-order valence-corrected chi connectivity index (χ4v) is 9.39. The van der Waals surface area contributed by atoms with Crippen LogP contribution in [0.3, 0.4) is 0 Å². The molecule has 1 amide bonds. The number of carbonyl (C=O) groups is 2. The van der Waals surface area contributed by atoms with Gasteiger partial charge in [-0.3, -0.25) is 14.2 Å². The third-order valence-corrected chi connectivity index (χ3v) is 13.7. The molecule has 0 saturated heterocycles. The second kappa shape index (κ2) is 21.1. The lowest BCUT2D eigenvalue weighted by atomic mass is 10.0. The maximum absolute atomic E-state index is 12.8. The Morgan fingerprint density at radius 2 is 1.26 bits per heavy atom. The number of aromatic amines is 2. The quantitative estimate of drug-likeness (QED) is 0.0223. The maximum Gasteiger partial charge on any atom is 0.344 e. The summed E-state index contributed by atoms with van der Waals surface area (Å²) in [4.78, 5) is 43.6. The lowest BCUT2D eigenvalue weighted by Gasteiger charge is -2.16. The summed E-state index contributed by atoms with van der Waals surface area (Å²) >= 11 is 30.4. The van der Waals surface area contributed by atoms with Crippen LogP contribution in [0.4, 0.5) is 38.7 Å². The van der Waals surface area contributed by atoms with Crippen molar-refractivity contribution < 1.29 is 31.2 Å². The fraction of sp³-hybridized carbons (Fsp3) is 0.0541. The molecule has 0 aliphatic heterocycles. The van der Waals surface area contributed by atoms with E-state index in [1.807, 2.05) is 0 Å². The van der Waals surface area contributed by atoms with Gasteiger partial charge in [-0.05, 0) is 60.7 Å². The number of anilines is 3. The van der Waals surface area contributed by atoms with Crippen molar-refractivity contribution in [3.05, 3.63) is 113 Å². The highest BCUT2D eigenvalue weighted by atomic mass is 35.5. The van der Waals surface area contributed by atoms with Crippen molar-refractivity contribution in [2.45, 2.75) is 19.5 Å². The number of ether oxygens (including phenoxy) is 1. The number of nitrogens with zero attached hydrogens (tertiary/aromatic N) is 8. The molecule has 29 heteroatoms. The molecule has 8 aromatic rings. The lowest BCUT2D eigenvalue weighted by molar-refractivity contribution is -0.132. The second-order valence-corrected chi connectivity index (χ2v) is 20.3. The Hall–Kier alpha value is -6.03. The molecule has 20 nitrogen and oxygen atoms in total. The summed E-state index contributed by atoms with van der Waals surface area (Å²) in [6.07, 6.45) is 6.03. The molecule has 0 aliphatic carbocycles. The summed E-state index contributed by atoms with van der Waals surface area (Å²) in [5, 5.41) is 23.7. The zero-order valence-corrected chi connectivity index (χ0v) is 39.6. The molecule has 0 spiro atoms. The van der Waals surface area contributed by atoms with Gasteiger partial charge in [0.05, 0.1) is 45.2 Å². The number of hydrogen-bond donors (Lipinski definition) is 5. The average Bonchev–Trinajstić information content (AvgIpc) is 4.11. The van der Waals surface area contributed by atoms with E-state index in [0.29, 0.717) is 4.64 Å². The smallest absolute Gasteiger partial charge is 0.344 e. The first kappa shape index (κ1) is 47.9. The van der Waals surface area contributed by atoms with Crippen molar-refractivity contribution in [1.82, 2.24) is 29.9 Å². The normalized spacial score (nSPS) is 11.9. The third-order valence-electron chi connectivity index (χ3n) is 8.29. The van der Waals surface area contributed by atoms with E-state index < -0.39 is 41.6 Å². The van der Waals surface area contributed by atoms with Crippen LogP contribution in [0.1, 0.15) is 0 Å². The van der Waals surface area contributed by atoms with Gasteiger partial charge in [-0.1, -0.05) is 70.8 Å². The number of esters is 1. The van der Waals surface area contributed by atoms with Crippen molar-refractivity contribution in [2.24, 2.45) is 20.5 Å². The number of nitrogens with one attached hydrogen (secondary N) is 5. The molecule has 338 valence electrons. The van der Waals surface area contributed by atoms with E-state index in [1.165, 1.54) is 91.5 Å². The number of H-pyrrole nitrogens is 2. The van der Waals surface area contributed by atoms with Crippen LogP contribution in [-0.4, -0.2) is 68.3 Å². The van der Waals surface area contributed by atoms with Crippen LogP contribution >= 0.6 is 81.3 Å². The first-order valence-corrected chi connectivity index (χ1v) is 24.9. The zero-order valence-electron chi connectivity index (χ0n) is 32.5. The van der Waals surface area contributed by atoms with Gasteiger partial charge in [0.25, 0.3) is 26.0 Å². The number of halogens is 4. The molecule has 0 bridgehead atoms. The summed E-state index contributed by atoms with van der Waals surface area (Å²) in [5.74, 6) is -2.06. The molecular weight excluding hydrogens is 1040 g/mol. The minimum Gasteiger partial charge on any atom is -0.421 e. The van der Waals surface area contributed by atoms with Crippen molar-refractivity contribution >= 4 is 174 Å². The van der Waals surface area contributed by atoms with Crippen LogP contribution in [-0.2, 0) is 29.6 Å². The zero-order chi connectivity index (χ0) is 47.0. The van der Waals surface area contributed by atoms with E-state index in [0.717, 1.165) is 33.8 Å². The van der Waals surface area contributed by atoms with Crippen molar-refractivity contribution in [1.29, 1.82) is 0 Å². The van der Waals surface area contributed by atoms with Crippen molar-refractivity contribution in [2.75, 3.05) is 14.8 Å². The predicted octanol–water partition coefficient (Wildman–Crippen LogP) is 10.7. The number of aromatic nitrogens is 6. The standard InChI is InChI=1S/C32H21Cl4N9O7S4.C5H4N4S/c33-27(34)29(46)39-22-3-1-2-21-25(22)23(42-40-17-4-8-19(9-5-17)55(48,49)44-31-37-12-14-53-31)16-24(26(21)52-30(47)28(35)36)43-41-18-6-10-20(11-7-18)56(50,51)45-32-38-13-15-54-32;10-5-3-4(7-1-6-3)8-2-9-5/h1-16,27-28H,(H,37,44)(H,38,45)(H,39,46);1-2H,(H2,6,7,8,9,10). The van der Waals surface area contributed by atoms with E-state index in [4.69, 9.17) is 63.4 Å². The maximum atomic E-state index is 12.8. The Morgan fingerprint density at radius 1 is 0.697 bits per heavy atom. The predicted molar refractivity (Wildman–Crippen MR) is 255 cm³/mol. The number of carbonyl (C=O) groups excluding carboxylic acids is 2. The summed E-state index contributed by atoms with van der Waals surface area (Å²) in [7, 11) is -7.91. The van der Waals surface area contributed by atoms with E-state index in [-0.39, 0.29) is 65.0 Å². The van der Waals surface area contributed by atoms with Gasteiger partial charge < -0.3 is 20.0 Å². The first-order valence-electron chi connectivity index (χ1n) is 18.0. The molecule has 0 unspecified atom stereocenters. The van der Waals surface area contributed by atoms with Crippen LogP contribution < -0.4 is 19.5 Å². The molecule has 5 N–H and O–H groups in total. The number of amides is 1. The van der Waals surface area contributed by atoms with Gasteiger partial charge >= 0.3 is 5.97 Å². The highest BCUT2D eigenvalue weighted by Gasteiger charge is 2.24. The Kier molecular flexibility index (Phi) is 15.3. The largest absolute Gasteiger partial charge is 0.421 e. The van der Waals surface area contributed by atoms with Crippen LogP contribution in [0.5, 0.6) is 5.75 Å². The van der Waals surface area contributed by atoms with Gasteiger partial charge in [-0.15, -0.1) is 32.9 Å². The molecular formula is C37H25Cl4N13O7S5. The Labute approximate surface area is 405 Å². The highest BCUT2D eigenvalue weighted by Crippen LogP contribution is 2.46. The van der Waals surface area contributed by atoms with Gasteiger partial charge in [-0.2, -0.15) is 10.2 Å². The Balaban J connectivity index is 0.000000567. The SMILES string of the molecule is O=C(Nc1cccc2c(OC(=O)C(Cl)Cl)c(N=Nc3ccc(S(=O)(=O)Nc4nccs4)cc3)cc(N=Nc3ccc(S(=O)(=O)Nc4nccs4)cc3)c12)C(Cl)Cl.S=c1nc[nH]c2nc[nH]c12. The molecule has 4 aromatic carbocycles. The number of imidazole rings is 1. The molecule has 4 heterocycles. The molecule has 8 rings (SSSR count). The van der Waals surface area contributed by atoms with Crippen LogP contribution in [0, 0.1) is 4.64 Å². The van der Waals surface area contributed by atoms with Gasteiger partial charge in [0, 0.05) is 33.9 Å². The number of rotatable bonds is 14. The van der Waals surface area contributed by atoms with Gasteiger partial charge in [-0.25, -0.2) is 41.6 Å². The molecule has 0 saturated carbocycles. The molecule has 0 aliphatic rings. The van der Waals surface area contributed by atoms with Crippen LogP contribution in [0.2, 0.25) is 0 Å². The fourth-order valence-electron chi connectivity index (χ4n) is 5.41. The second-order valence-electron chi connectivity index (χ2n) is 12.6. The number of alkyl halides is 4. The molecule has 66 heavy (non-hydrogen) atoms. The number of fused-ring (bicyclic) bond motifs is 2. The molecule has 4 aromatic heterocycles. The Bertz CT molecular complexity index is 3380. The van der Waals surface area contributed by atoms with E-state index in [1.54, 1.807) is 17.1 Å². The van der Waals surface area contributed by atoms with Gasteiger partial charge in [0.15, 0.2) is 31.1 Å². The van der Waals surface area contributed by atoms with Gasteiger partial charge in [0.2, 0.25) is 4.84 Å². The highest BCUT2D eigenvalue weighted by molar-refractivity contribution is 7.93. The third kappa shape index (κ3) is 11.9. The number of azo groups is 2. The monoisotopic (exact) mass is 1060 g/mol. The molecule has 0 radical (unpaired) electrons. The number of benzene rings is 4. The Morgan fingerprint density at radius 3 is 1.77 bits per heavy atom. The average molecular weight is 1070 g/mol. The van der Waals surface area contributed by atoms with Crippen LogP contribution in [0.25, 0.3) is 21.9 Å². The lowest BCUT2D eigenvalue weighted by Crippen LogP contribution is -2.19. The molecule has 0 atom stereocenters.